The van der Waals surface area contributed by atoms with Crippen LogP contribution >= 0.6 is 39.1 Å². The van der Waals surface area contributed by atoms with Crippen LogP contribution in [0, 0.1) is 6.92 Å². The van der Waals surface area contributed by atoms with Crippen LogP contribution in [0.3, 0.4) is 0 Å². The molecule has 4 nitrogen and oxygen atoms in total. The molecule has 2 rings (SSSR count). The second kappa shape index (κ2) is 6.61. The van der Waals surface area contributed by atoms with Gasteiger partial charge in [-0.1, -0.05) is 23.2 Å². The number of hydrogen-bond acceptors (Lipinski definition) is 4. The highest BCUT2D eigenvalue weighted by atomic mass is 79.9. The quantitative estimate of drug-likeness (QED) is 0.735. The van der Waals surface area contributed by atoms with Crippen LogP contribution in [0.25, 0.3) is 0 Å². The predicted molar refractivity (Wildman–Crippen MR) is 88.4 cm³/mol. The van der Waals surface area contributed by atoms with Crippen molar-refractivity contribution >= 4 is 56.5 Å². The number of aryl methyl sites for hydroxylation is 1. The summed E-state index contributed by atoms with van der Waals surface area (Å²) in [5.41, 5.74) is 0.695. The van der Waals surface area contributed by atoms with E-state index in [1.54, 1.807) is 0 Å². The Kier molecular flexibility index (Phi) is 5.07. The molecule has 0 aliphatic rings. The van der Waals surface area contributed by atoms with Crippen LogP contribution in [-0.2, 0) is 0 Å². The zero-order valence-electron chi connectivity index (χ0n) is 11.0. The van der Waals surface area contributed by atoms with E-state index in [2.05, 4.69) is 36.5 Å². The molecule has 0 aliphatic carbocycles. The molecule has 0 bridgehead atoms. The van der Waals surface area contributed by atoms with Gasteiger partial charge in [-0.3, -0.25) is 0 Å². The number of anilines is 3. The summed E-state index contributed by atoms with van der Waals surface area (Å²) in [6.07, 6.45) is 0. The molecule has 0 unspecified atom stereocenters. The monoisotopic (exact) mass is 374 g/mol. The molecule has 7 heteroatoms. The lowest BCUT2D eigenvalue weighted by molar-refractivity contribution is 1.04. The van der Waals surface area contributed by atoms with Crippen molar-refractivity contribution in [2.45, 2.75) is 13.8 Å². The fraction of sp³-hybridized carbons (Fsp3) is 0.231. The molecule has 106 valence electrons. The predicted octanol–water partition coefficient (Wildman–Crippen LogP) is 5.03. The van der Waals surface area contributed by atoms with Crippen LogP contribution in [0.1, 0.15) is 12.7 Å². The molecule has 0 spiro atoms. The van der Waals surface area contributed by atoms with Crippen molar-refractivity contribution < 1.29 is 0 Å². The lowest BCUT2D eigenvalue weighted by atomic mass is 10.3. The molecule has 0 fully saturated rings. The van der Waals surface area contributed by atoms with Crippen LogP contribution in [0.15, 0.2) is 22.7 Å². The van der Waals surface area contributed by atoms with Crippen LogP contribution in [0.2, 0.25) is 10.0 Å². The summed E-state index contributed by atoms with van der Waals surface area (Å²) in [5.74, 6) is 2.10. The van der Waals surface area contributed by atoms with Gasteiger partial charge in [-0.25, -0.2) is 9.97 Å². The van der Waals surface area contributed by atoms with E-state index in [4.69, 9.17) is 23.2 Å². The Bertz CT molecular complexity index is 634. The van der Waals surface area contributed by atoms with Gasteiger partial charge in [-0.05, 0) is 41.9 Å². The molecule has 0 aliphatic heterocycles. The average molecular weight is 376 g/mol. The highest BCUT2D eigenvalue weighted by Crippen LogP contribution is 2.36. The van der Waals surface area contributed by atoms with Crippen LogP contribution < -0.4 is 10.6 Å². The molecule has 1 aromatic carbocycles. The molecule has 1 heterocycles. The first kappa shape index (κ1) is 15.4. The van der Waals surface area contributed by atoms with Gasteiger partial charge in [-0.15, -0.1) is 0 Å². The summed E-state index contributed by atoms with van der Waals surface area (Å²) in [7, 11) is 0. The Morgan fingerprint density at radius 3 is 2.55 bits per heavy atom. The first-order valence-electron chi connectivity index (χ1n) is 6.01. The molecule has 1 aromatic heterocycles. The largest absolute Gasteiger partial charge is 0.370 e. The Labute approximate surface area is 136 Å². The maximum absolute atomic E-state index is 6.21. The first-order chi connectivity index (χ1) is 9.51. The third kappa shape index (κ3) is 3.53. The second-order valence-electron chi connectivity index (χ2n) is 4.06. The van der Waals surface area contributed by atoms with E-state index in [0.717, 1.165) is 16.8 Å². The van der Waals surface area contributed by atoms with E-state index < -0.39 is 0 Å². The molecule has 0 saturated heterocycles. The van der Waals surface area contributed by atoms with E-state index in [9.17, 15) is 0 Å². The average Bonchev–Trinajstić information content (AvgIpc) is 2.39. The van der Waals surface area contributed by atoms with Gasteiger partial charge >= 0.3 is 0 Å². The summed E-state index contributed by atoms with van der Waals surface area (Å²) in [6, 6.07) is 5.49. The van der Waals surface area contributed by atoms with Crippen molar-refractivity contribution in [1.29, 1.82) is 0 Å². The van der Waals surface area contributed by atoms with Crippen LogP contribution in [0.4, 0.5) is 17.3 Å². The maximum atomic E-state index is 6.21. The highest BCUT2D eigenvalue weighted by Gasteiger charge is 2.10. The minimum atomic E-state index is 0.447. The smallest absolute Gasteiger partial charge is 0.136 e. The second-order valence-corrected chi connectivity index (χ2v) is 5.67. The van der Waals surface area contributed by atoms with Crippen molar-refractivity contribution in [1.82, 2.24) is 9.97 Å². The fourth-order valence-corrected chi connectivity index (χ4v) is 2.49. The molecule has 2 N–H and O–H groups in total. The standard InChI is InChI=1S/C13H13BrCl2N4/c1-3-17-10-6-11(19-7(2)18-10)20-9-5-4-8(14)12(15)13(9)16/h4-6H,3H2,1-2H3,(H2,17,18,19,20). The van der Waals surface area contributed by atoms with E-state index in [-0.39, 0.29) is 0 Å². The minimum absolute atomic E-state index is 0.447. The zero-order valence-corrected chi connectivity index (χ0v) is 14.1. The van der Waals surface area contributed by atoms with Crippen molar-refractivity contribution in [3.05, 3.63) is 38.5 Å². The highest BCUT2D eigenvalue weighted by molar-refractivity contribution is 9.10. The number of nitrogens with zero attached hydrogens (tertiary/aromatic N) is 2. The molecule has 0 saturated carbocycles. The van der Waals surface area contributed by atoms with Gasteiger partial charge in [0, 0.05) is 17.1 Å². The summed E-state index contributed by atoms with van der Waals surface area (Å²) in [4.78, 5) is 8.62. The Morgan fingerprint density at radius 2 is 1.85 bits per heavy atom. The molecule has 0 radical (unpaired) electrons. The van der Waals surface area contributed by atoms with Gasteiger partial charge in [0.2, 0.25) is 0 Å². The maximum Gasteiger partial charge on any atom is 0.136 e. The molecule has 2 aromatic rings. The molecule has 0 atom stereocenters. The fourth-order valence-electron chi connectivity index (χ4n) is 1.66. The lowest BCUT2D eigenvalue weighted by Gasteiger charge is -2.11. The molecule has 0 amide bonds. The van der Waals surface area contributed by atoms with Crippen molar-refractivity contribution in [2.75, 3.05) is 17.2 Å². The molecular weight excluding hydrogens is 363 g/mol. The number of rotatable bonds is 4. The zero-order chi connectivity index (χ0) is 14.7. The number of benzene rings is 1. The van der Waals surface area contributed by atoms with Crippen LogP contribution in [-0.4, -0.2) is 16.5 Å². The van der Waals surface area contributed by atoms with E-state index in [1.165, 1.54) is 0 Å². The Balaban J connectivity index is 2.32. The van der Waals surface area contributed by atoms with Gasteiger partial charge in [0.05, 0.1) is 15.7 Å². The molecule has 20 heavy (non-hydrogen) atoms. The van der Waals surface area contributed by atoms with Gasteiger partial charge < -0.3 is 10.6 Å². The van der Waals surface area contributed by atoms with Crippen molar-refractivity contribution in [2.24, 2.45) is 0 Å². The Morgan fingerprint density at radius 1 is 1.15 bits per heavy atom. The Hall–Kier alpha value is -1.04. The SMILES string of the molecule is CCNc1cc(Nc2ccc(Br)c(Cl)c2Cl)nc(C)n1. The number of halogens is 3. The summed E-state index contributed by atoms with van der Waals surface area (Å²) >= 11 is 15.6. The normalized spacial score (nSPS) is 10.4. The minimum Gasteiger partial charge on any atom is -0.370 e. The third-order valence-corrected chi connectivity index (χ3v) is 4.26. The summed E-state index contributed by atoms with van der Waals surface area (Å²) in [6.45, 7) is 4.64. The van der Waals surface area contributed by atoms with Gasteiger partial charge in [0.25, 0.3) is 0 Å². The van der Waals surface area contributed by atoms with E-state index in [1.807, 2.05) is 32.0 Å². The van der Waals surface area contributed by atoms with Gasteiger partial charge in [0.15, 0.2) is 0 Å². The lowest BCUT2D eigenvalue weighted by Crippen LogP contribution is -2.04. The van der Waals surface area contributed by atoms with E-state index >= 15 is 0 Å². The van der Waals surface area contributed by atoms with Gasteiger partial charge in [0.1, 0.15) is 17.5 Å². The first-order valence-corrected chi connectivity index (χ1v) is 7.56. The van der Waals surface area contributed by atoms with Gasteiger partial charge in [-0.2, -0.15) is 0 Å². The molecular formula is C13H13BrCl2N4. The third-order valence-electron chi connectivity index (χ3n) is 2.49. The van der Waals surface area contributed by atoms with Crippen molar-refractivity contribution in [3.8, 4) is 0 Å². The topological polar surface area (TPSA) is 49.8 Å². The number of nitrogens with one attached hydrogen (secondary N) is 2. The number of aromatic nitrogens is 2. The summed E-state index contributed by atoms with van der Waals surface area (Å²) < 4.78 is 0.752. The van der Waals surface area contributed by atoms with Crippen LogP contribution in [0.5, 0.6) is 0 Å². The van der Waals surface area contributed by atoms with Crippen molar-refractivity contribution in [3.63, 3.8) is 0 Å². The van der Waals surface area contributed by atoms with E-state index in [0.29, 0.717) is 27.4 Å². The number of hydrogen-bond donors (Lipinski definition) is 2. The summed E-state index contributed by atoms with van der Waals surface area (Å²) in [5, 5.41) is 7.22.